The first-order valence-electron chi connectivity index (χ1n) is 7.42. The highest BCUT2D eigenvalue weighted by Gasteiger charge is 2.34. The fraction of sp³-hybridized carbons (Fsp3) is 0.714. The van der Waals surface area contributed by atoms with Gasteiger partial charge in [-0.25, -0.2) is 8.42 Å². The average molecular weight is 330 g/mol. The van der Waals surface area contributed by atoms with Crippen LogP contribution in [0, 0.1) is 0 Å². The number of thiophene rings is 1. The monoisotopic (exact) mass is 330 g/mol. The molecule has 2 heterocycles. The van der Waals surface area contributed by atoms with E-state index in [4.69, 9.17) is 4.74 Å². The lowest BCUT2D eigenvalue weighted by atomic mass is 10.3. The van der Waals surface area contributed by atoms with Crippen molar-refractivity contribution in [1.29, 1.82) is 0 Å². The normalized spacial score (nSPS) is 27.9. The molecule has 3 rings (SSSR count). The third-order valence-corrected chi connectivity index (χ3v) is 6.80. The van der Waals surface area contributed by atoms with Crippen molar-refractivity contribution in [2.24, 2.45) is 0 Å². The third kappa shape index (κ3) is 3.48. The first kappa shape index (κ1) is 15.4. The van der Waals surface area contributed by atoms with Gasteiger partial charge in [0.1, 0.15) is 0 Å². The summed E-state index contributed by atoms with van der Waals surface area (Å²) in [6.07, 6.45) is 2.28. The second-order valence-corrected chi connectivity index (χ2v) is 8.85. The summed E-state index contributed by atoms with van der Waals surface area (Å²) in [5.41, 5.74) is 0. The van der Waals surface area contributed by atoms with Gasteiger partial charge < -0.3 is 10.1 Å². The molecule has 2 atom stereocenters. The minimum Gasteiger partial charge on any atom is -0.373 e. The molecule has 1 N–H and O–H groups in total. The van der Waals surface area contributed by atoms with Crippen molar-refractivity contribution in [2.75, 3.05) is 13.1 Å². The van der Waals surface area contributed by atoms with E-state index in [1.807, 2.05) is 19.2 Å². The Morgan fingerprint density at radius 3 is 2.62 bits per heavy atom. The molecule has 1 aromatic rings. The van der Waals surface area contributed by atoms with Crippen LogP contribution in [0.2, 0.25) is 0 Å². The molecule has 1 aliphatic heterocycles. The lowest BCUT2D eigenvalue weighted by molar-refractivity contribution is -0.0440. The summed E-state index contributed by atoms with van der Waals surface area (Å²) in [4.78, 5) is 1.37. The first-order chi connectivity index (χ1) is 9.96. The van der Waals surface area contributed by atoms with Crippen molar-refractivity contribution in [2.45, 2.75) is 56.4 Å². The number of nitrogens with zero attached hydrogens (tertiary/aromatic N) is 1. The fourth-order valence-electron chi connectivity index (χ4n) is 2.68. The molecule has 2 fully saturated rings. The van der Waals surface area contributed by atoms with E-state index < -0.39 is 10.0 Å². The summed E-state index contributed by atoms with van der Waals surface area (Å²) >= 11 is 1.51. The van der Waals surface area contributed by atoms with Crippen molar-refractivity contribution in [3.63, 3.8) is 0 Å². The SMILES string of the molecule is CC1CN(S(=O)(=O)c2ccsc2CNC2CC2)CC(C)O1. The third-order valence-electron chi connectivity index (χ3n) is 3.84. The first-order valence-corrected chi connectivity index (χ1v) is 9.74. The van der Waals surface area contributed by atoms with E-state index in [9.17, 15) is 8.42 Å². The number of sulfonamides is 1. The fourth-order valence-corrected chi connectivity index (χ4v) is 5.63. The van der Waals surface area contributed by atoms with Crippen LogP contribution in [0.4, 0.5) is 0 Å². The summed E-state index contributed by atoms with van der Waals surface area (Å²) in [5.74, 6) is 0. The van der Waals surface area contributed by atoms with Crippen LogP contribution in [0.15, 0.2) is 16.3 Å². The van der Waals surface area contributed by atoms with Crippen LogP contribution in [0.3, 0.4) is 0 Å². The highest BCUT2D eigenvalue weighted by molar-refractivity contribution is 7.89. The summed E-state index contributed by atoms with van der Waals surface area (Å²) in [6.45, 7) is 5.34. The molecule has 0 bridgehead atoms. The van der Waals surface area contributed by atoms with Crippen molar-refractivity contribution in [3.8, 4) is 0 Å². The molecular weight excluding hydrogens is 308 g/mol. The van der Waals surface area contributed by atoms with Gasteiger partial charge in [-0.15, -0.1) is 11.3 Å². The molecule has 21 heavy (non-hydrogen) atoms. The lowest BCUT2D eigenvalue weighted by Gasteiger charge is -2.34. The van der Waals surface area contributed by atoms with Gasteiger partial charge in [0, 0.05) is 30.6 Å². The largest absolute Gasteiger partial charge is 0.373 e. The van der Waals surface area contributed by atoms with E-state index in [2.05, 4.69) is 5.32 Å². The molecular formula is C14H22N2O3S2. The van der Waals surface area contributed by atoms with Gasteiger partial charge in [-0.1, -0.05) is 0 Å². The maximum Gasteiger partial charge on any atom is 0.244 e. The van der Waals surface area contributed by atoms with Crippen LogP contribution in [-0.2, 0) is 21.3 Å². The minimum absolute atomic E-state index is 0.0600. The quantitative estimate of drug-likeness (QED) is 0.894. The summed E-state index contributed by atoms with van der Waals surface area (Å²) in [6, 6.07) is 2.31. The molecule has 1 aromatic heterocycles. The molecule has 1 saturated carbocycles. The van der Waals surface area contributed by atoms with Crippen LogP contribution in [0.5, 0.6) is 0 Å². The molecule has 7 heteroatoms. The van der Waals surface area contributed by atoms with Crippen molar-refractivity contribution >= 4 is 21.4 Å². The van der Waals surface area contributed by atoms with Crippen LogP contribution >= 0.6 is 11.3 Å². The Balaban J connectivity index is 1.78. The lowest BCUT2D eigenvalue weighted by Crippen LogP contribution is -2.48. The Morgan fingerprint density at radius 2 is 2.00 bits per heavy atom. The summed E-state index contributed by atoms with van der Waals surface area (Å²) in [5, 5.41) is 5.26. The number of hydrogen-bond acceptors (Lipinski definition) is 5. The van der Waals surface area contributed by atoms with Crippen LogP contribution in [0.25, 0.3) is 0 Å². The van der Waals surface area contributed by atoms with Crippen molar-refractivity contribution in [3.05, 3.63) is 16.3 Å². The molecule has 1 aliphatic carbocycles. The van der Waals surface area contributed by atoms with E-state index in [-0.39, 0.29) is 12.2 Å². The van der Waals surface area contributed by atoms with Crippen LogP contribution < -0.4 is 5.32 Å². The Hall–Kier alpha value is -0.470. The minimum atomic E-state index is -3.42. The highest BCUT2D eigenvalue weighted by Crippen LogP contribution is 2.28. The van der Waals surface area contributed by atoms with E-state index >= 15 is 0 Å². The summed E-state index contributed by atoms with van der Waals surface area (Å²) in [7, 11) is -3.42. The zero-order valence-electron chi connectivity index (χ0n) is 12.4. The number of morpholine rings is 1. The smallest absolute Gasteiger partial charge is 0.244 e. The molecule has 118 valence electrons. The van der Waals surface area contributed by atoms with Crippen LogP contribution in [-0.4, -0.2) is 44.1 Å². The molecule has 5 nitrogen and oxygen atoms in total. The van der Waals surface area contributed by atoms with E-state index in [1.165, 1.54) is 24.2 Å². The van der Waals surface area contributed by atoms with Crippen molar-refractivity contribution in [1.82, 2.24) is 9.62 Å². The molecule has 1 saturated heterocycles. The van der Waals surface area contributed by atoms with E-state index in [1.54, 1.807) is 10.4 Å². The molecule has 2 aliphatic rings. The molecule has 0 aromatic carbocycles. The topological polar surface area (TPSA) is 58.6 Å². The second kappa shape index (κ2) is 5.96. The van der Waals surface area contributed by atoms with E-state index in [0.29, 0.717) is 30.6 Å². The molecule has 0 radical (unpaired) electrons. The maximum absolute atomic E-state index is 12.9. The number of rotatable bonds is 5. The highest BCUT2D eigenvalue weighted by atomic mass is 32.2. The summed E-state index contributed by atoms with van der Waals surface area (Å²) < 4.78 is 32.9. The Morgan fingerprint density at radius 1 is 1.33 bits per heavy atom. The Kier molecular flexibility index (Phi) is 4.38. The van der Waals surface area contributed by atoms with Gasteiger partial charge in [0.15, 0.2) is 0 Å². The Labute approximate surface area is 130 Å². The molecule has 0 spiro atoms. The Bertz CT molecular complexity index is 585. The second-order valence-electron chi connectivity index (χ2n) is 5.94. The van der Waals surface area contributed by atoms with Gasteiger partial charge in [-0.05, 0) is 38.1 Å². The van der Waals surface area contributed by atoms with Crippen LogP contribution in [0.1, 0.15) is 31.6 Å². The van der Waals surface area contributed by atoms with Gasteiger partial charge in [0.25, 0.3) is 0 Å². The standard InChI is InChI=1S/C14H22N2O3S2/c1-10-8-16(9-11(2)19-10)21(17,18)14-5-6-20-13(14)7-15-12-3-4-12/h5-6,10-12,15H,3-4,7-9H2,1-2H3. The van der Waals surface area contributed by atoms with Crippen molar-refractivity contribution < 1.29 is 13.2 Å². The van der Waals surface area contributed by atoms with Gasteiger partial charge in [0.05, 0.1) is 17.1 Å². The zero-order valence-corrected chi connectivity index (χ0v) is 14.0. The van der Waals surface area contributed by atoms with Gasteiger partial charge in [-0.2, -0.15) is 4.31 Å². The zero-order chi connectivity index (χ0) is 15.0. The number of nitrogens with one attached hydrogen (secondary N) is 1. The average Bonchev–Trinajstić information content (AvgIpc) is 3.11. The van der Waals surface area contributed by atoms with Gasteiger partial charge in [0.2, 0.25) is 10.0 Å². The maximum atomic E-state index is 12.9. The predicted octanol–water partition coefficient (Wildman–Crippen LogP) is 1.80. The number of hydrogen-bond donors (Lipinski definition) is 1. The van der Waals surface area contributed by atoms with Gasteiger partial charge in [-0.3, -0.25) is 0 Å². The molecule has 0 amide bonds. The predicted molar refractivity (Wildman–Crippen MR) is 82.9 cm³/mol. The van der Waals surface area contributed by atoms with E-state index in [0.717, 1.165) is 4.88 Å². The molecule has 2 unspecified atom stereocenters. The number of ether oxygens (including phenoxy) is 1. The van der Waals surface area contributed by atoms with Gasteiger partial charge >= 0.3 is 0 Å².